The van der Waals surface area contributed by atoms with Crippen molar-refractivity contribution in [3.05, 3.63) is 33.8 Å². The van der Waals surface area contributed by atoms with Gasteiger partial charge < -0.3 is 5.32 Å². The summed E-state index contributed by atoms with van der Waals surface area (Å²) in [6, 6.07) is 5.58. The molecule has 0 spiro atoms. The molecule has 1 atom stereocenters. The summed E-state index contributed by atoms with van der Waals surface area (Å²) in [5, 5.41) is 4.16. The van der Waals surface area contributed by atoms with Crippen LogP contribution >= 0.6 is 23.2 Å². The Balaban J connectivity index is 2.65. The van der Waals surface area contributed by atoms with Crippen molar-refractivity contribution in [2.75, 3.05) is 19.1 Å². The summed E-state index contributed by atoms with van der Waals surface area (Å²) in [6.45, 7) is 0. The average molecular weight is 310 g/mol. The monoisotopic (exact) mass is 309 g/mol. The van der Waals surface area contributed by atoms with Gasteiger partial charge in [0.2, 0.25) is 0 Å². The minimum Gasteiger partial charge on any atom is -0.317 e. The molecule has 6 heteroatoms. The summed E-state index contributed by atoms with van der Waals surface area (Å²) >= 11 is 11.8. The highest BCUT2D eigenvalue weighted by Crippen LogP contribution is 2.23. The van der Waals surface area contributed by atoms with Crippen LogP contribution in [0.4, 0.5) is 0 Å². The number of hydrogen-bond donors (Lipinski definition) is 1. The van der Waals surface area contributed by atoms with E-state index in [0.717, 1.165) is 12.0 Å². The van der Waals surface area contributed by atoms with Crippen LogP contribution in [0.5, 0.6) is 0 Å². The Morgan fingerprint density at radius 2 is 1.94 bits per heavy atom. The number of nitrogens with one attached hydrogen (secondary N) is 1. The van der Waals surface area contributed by atoms with Gasteiger partial charge in [0.25, 0.3) is 0 Å². The van der Waals surface area contributed by atoms with Crippen molar-refractivity contribution in [2.45, 2.75) is 18.9 Å². The van der Waals surface area contributed by atoms with E-state index in [9.17, 15) is 8.42 Å². The van der Waals surface area contributed by atoms with Gasteiger partial charge in [-0.3, -0.25) is 0 Å². The first-order valence-electron chi connectivity index (χ1n) is 5.60. The molecule has 0 aromatic heterocycles. The normalized spacial score (nSPS) is 13.6. The predicted molar refractivity (Wildman–Crippen MR) is 77.3 cm³/mol. The maximum atomic E-state index is 11.1. The molecule has 0 aliphatic rings. The van der Waals surface area contributed by atoms with E-state index in [2.05, 4.69) is 5.32 Å². The lowest BCUT2D eigenvalue weighted by atomic mass is 10.0. The third kappa shape index (κ3) is 5.57. The van der Waals surface area contributed by atoms with Gasteiger partial charge in [0.05, 0.1) is 15.8 Å². The number of hydrogen-bond acceptors (Lipinski definition) is 3. The standard InChI is InChI=1S/C12H17Cl2NO2S/c1-15-10(5-6-18(2,16)17)7-9-3-4-11(13)12(14)8-9/h3-4,8,10,15H,5-7H2,1-2H3. The number of rotatable bonds is 6. The fourth-order valence-corrected chi connectivity index (χ4v) is 2.69. The highest BCUT2D eigenvalue weighted by molar-refractivity contribution is 7.90. The van der Waals surface area contributed by atoms with Gasteiger partial charge in [-0.1, -0.05) is 29.3 Å². The quantitative estimate of drug-likeness (QED) is 0.878. The topological polar surface area (TPSA) is 46.2 Å². The van der Waals surface area contributed by atoms with E-state index in [-0.39, 0.29) is 11.8 Å². The van der Waals surface area contributed by atoms with Crippen LogP contribution < -0.4 is 5.32 Å². The molecule has 0 aliphatic carbocycles. The zero-order valence-electron chi connectivity index (χ0n) is 10.4. The second-order valence-electron chi connectivity index (χ2n) is 4.36. The van der Waals surface area contributed by atoms with E-state index >= 15 is 0 Å². The predicted octanol–water partition coefficient (Wildman–Crippen LogP) is 2.56. The molecule has 0 bridgehead atoms. The fourth-order valence-electron chi connectivity index (χ4n) is 1.66. The van der Waals surface area contributed by atoms with Crippen molar-refractivity contribution in [2.24, 2.45) is 0 Å². The number of halogens is 2. The molecule has 1 N–H and O–H groups in total. The van der Waals surface area contributed by atoms with Gasteiger partial charge in [-0.25, -0.2) is 8.42 Å². The van der Waals surface area contributed by atoms with E-state index in [1.165, 1.54) is 6.26 Å². The van der Waals surface area contributed by atoms with Crippen LogP contribution in [0.15, 0.2) is 18.2 Å². The highest BCUT2D eigenvalue weighted by atomic mass is 35.5. The minimum absolute atomic E-state index is 0.108. The molecule has 0 radical (unpaired) electrons. The van der Waals surface area contributed by atoms with Crippen molar-refractivity contribution < 1.29 is 8.42 Å². The van der Waals surface area contributed by atoms with E-state index in [4.69, 9.17) is 23.2 Å². The fraction of sp³-hybridized carbons (Fsp3) is 0.500. The number of benzene rings is 1. The largest absolute Gasteiger partial charge is 0.317 e. The Hall–Kier alpha value is -0.290. The lowest BCUT2D eigenvalue weighted by Gasteiger charge is -2.16. The van der Waals surface area contributed by atoms with Gasteiger partial charge in [-0.15, -0.1) is 0 Å². The first kappa shape index (κ1) is 15.8. The van der Waals surface area contributed by atoms with Crippen molar-refractivity contribution in [1.82, 2.24) is 5.32 Å². The molecule has 0 fully saturated rings. The van der Waals surface area contributed by atoms with Crippen LogP contribution in [0.2, 0.25) is 10.0 Å². The molecule has 1 aromatic rings. The Bertz CT molecular complexity index is 503. The van der Waals surface area contributed by atoms with Crippen LogP contribution in [0.25, 0.3) is 0 Å². The molecule has 0 heterocycles. The molecule has 1 aromatic carbocycles. The Kier molecular flexibility index (Phi) is 5.92. The van der Waals surface area contributed by atoms with Crippen LogP contribution in [-0.2, 0) is 16.3 Å². The zero-order chi connectivity index (χ0) is 13.8. The van der Waals surface area contributed by atoms with Crippen molar-refractivity contribution in [3.63, 3.8) is 0 Å². The molecule has 1 unspecified atom stereocenters. The maximum Gasteiger partial charge on any atom is 0.147 e. The third-order valence-electron chi connectivity index (χ3n) is 2.71. The summed E-state index contributed by atoms with van der Waals surface area (Å²) in [5.41, 5.74) is 1.04. The van der Waals surface area contributed by atoms with E-state index in [0.29, 0.717) is 16.5 Å². The molecule has 0 amide bonds. The molecule has 0 aliphatic heterocycles. The van der Waals surface area contributed by atoms with Crippen molar-refractivity contribution >= 4 is 33.0 Å². The Morgan fingerprint density at radius 1 is 1.28 bits per heavy atom. The smallest absolute Gasteiger partial charge is 0.147 e. The first-order valence-corrected chi connectivity index (χ1v) is 8.42. The summed E-state index contributed by atoms with van der Waals surface area (Å²) in [4.78, 5) is 0. The van der Waals surface area contributed by atoms with Gasteiger partial charge in [0.15, 0.2) is 0 Å². The summed E-state index contributed by atoms with van der Waals surface area (Å²) in [6.07, 6.45) is 2.55. The van der Waals surface area contributed by atoms with Crippen LogP contribution in [0, 0.1) is 0 Å². The first-order chi connectivity index (χ1) is 8.31. The van der Waals surface area contributed by atoms with Gasteiger partial charge in [-0.2, -0.15) is 0 Å². The molecule has 0 saturated heterocycles. The third-order valence-corrected chi connectivity index (χ3v) is 4.43. The van der Waals surface area contributed by atoms with Gasteiger partial charge in [0, 0.05) is 12.3 Å². The Morgan fingerprint density at radius 3 is 2.44 bits per heavy atom. The SMILES string of the molecule is CNC(CCS(C)(=O)=O)Cc1ccc(Cl)c(Cl)c1. The molecule has 18 heavy (non-hydrogen) atoms. The zero-order valence-corrected chi connectivity index (χ0v) is 12.7. The average Bonchev–Trinajstić information content (AvgIpc) is 2.28. The molecule has 3 nitrogen and oxygen atoms in total. The van der Waals surface area contributed by atoms with Crippen molar-refractivity contribution in [3.8, 4) is 0 Å². The van der Waals surface area contributed by atoms with E-state index in [1.54, 1.807) is 6.07 Å². The van der Waals surface area contributed by atoms with Gasteiger partial charge >= 0.3 is 0 Å². The molecular weight excluding hydrogens is 293 g/mol. The minimum atomic E-state index is -2.92. The molecule has 1 rings (SSSR count). The Labute approximate surface area is 118 Å². The molecule has 0 saturated carbocycles. The van der Waals surface area contributed by atoms with Crippen molar-refractivity contribution in [1.29, 1.82) is 0 Å². The summed E-state index contributed by atoms with van der Waals surface area (Å²) in [7, 11) is -1.10. The van der Waals surface area contributed by atoms with E-state index in [1.807, 2.05) is 19.2 Å². The van der Waals surface area contributed by atoms with Crippen LogP contribution in [0.3, 0.4) is 0 Å². The van der Waals surface area contributed by atoms with E-state index < -0.39 is 9.84 Å². The number of sulfone groups is 1. The second-order valence-corrected chi connectivity index (χ2v) is 7.43. The van der Waals surface area contributed by atoms with Gasteiger partial charge in [0.1, 0.15) is 9.84 Å². The lowest BCUT2D eigenvalue weighted by molar-refractivity contribution is 0.534. The molecular formula is C12H17Cl2NO2S. The van der Waals surface area contributed by atoms with Gasteiger partial charge in [-0.05, 0) is 37.6 Å². The van der Waals surface area contributed by atoms with Crippen LogP contribution in [-0.4, -0.2) is 33.5 Å². The molecule has 102 valence electrons. The summed E-state index contributed by atoms with van der Waals surface area (Å²) in [5.74, 6) is 0.180. The second kappa shape index (κ2) is 6.75. The highest BCUT2D eigenvalue weighted by Gasteiger charge is 2.12. The lowest BCUT2D eigenvalue weighted by Crippen LogP contribution is -2.29. The maximum absolute atomic E-state index is 11.1. The van der Waals surface area contributed by atoms with Crippen LogP contribution in [0.1, 0.15) is 12.0 Å². The summed E-state index contributed by atoms with van der Waals surface area (Å²) < 4.78 is 22.3. The number of likely N-dealkylation sites (N-methyl/N-ethyl adjacent to an activating group) is 1.